The Bertz CT molecular complexity index is 932. The molecule has 6 heteroatoms. The Hall–Kier alpha value is -2.79. The molecule has 0 fully saturated rings. The van der Waals surface area contributed by atoms with Crippen molar-refractivity contribution in [1.82, 2.24) is 15.1 Å². The van der Waals surface area contributed by atoms with Gasteiger partial charge in [0.15, 0.2) is 0 Å². The van der Waals surface area contributed by atoms with Gasteiger partial charge in [0.2, 0.25) is 0 Å². The molecule has 0 spiro atoms. The van der Waals surface area contributed by atoms with Crippen LogP contribution in [0.1, 0.15) is 28.5 Å². The third-order valence-corrected chi connectivity index (χ3v) is 4.64. The molecular formula is C21H23ClN4O. The summed E-state index contributed by atoms with van der Waals surface area (Å²) in [5.74, 6) is -0.128. The molecule has 5 nitrogen and oxygen atoms in total. The van der Waals surface area contributed by atoms with E-state index in [9.17, 15) is 4.79 Å². The van der Waals surface area contributed by atoms with Gasteiger partial charge >= 0.3 is 0 Å². The van der Waals surface area contributed by atoms with Gasteiger partial charge in [0.05, 0.1) is 23.1 Å². The Morgan fingerprint density at radius 3 is 2.56 bits per heavy atom. The topological polar surface area (TPSA) is 50.2 Å². The summed E-state index contributed by atoms with van der Waals surface area (Å²) >= 11 is 6.08. The lowest BCUT2D eigenvalue weighted by molar-refractivity contribution is 0.0950. The van der Waals surface area contributed by atoms with Gasteiger partial charge in [-0.3, -0.25) is 4.79 Å². The predicted octanol–water partition coefficient (Wildman–Crippen LogP) is 4.08. The molecule has 0 unspecified atom stereocenters. The van der Waals surface area contributed by atoms with E-state index in [4.69, 9.17) is 11.6 Å². The molecule has 0 aliphatic heterocycles. The number of aromatic nitrogens is 2. The Balaban J connectivity index is 1.75. The minimum Gasteiger partial charge on any atom is -0.378 e. The minimum absolute atomic E-state index is 0.128. The van der Waals surface area contributed by atoms with E-state index in [1.54, 1.807) is 10.9 Å². The average molecular weight is 383 g/mol. The van der Waals surface area contributed by atoms with Crippen molar-refractivity contribution in [3.05, 3.63) is 76.6 Å². The summed E-state index contributed by atoms with van der Waals surface area (Å²) in [4.78, 5) is 14.7. The molecule has 3 aromatic rings. The summed E-state index contributed by atoms with van der Waals surface area (Å²) in [5.41, 5.74) is 4.47. The molecule has 3 rings (SSSR count). The van der Waals surface area contributed by atoms with Crippen molar-refractivity contribution < 1.29 is 4.79 Å². The molecule has 0 aliphatic carbocycles. The number of halogens is 1. The quantitative estimate of drug-likeness (QED) is 0.698. The maximum Gasteiger partial charge on any atom is 0.255 e. The SMILES string of the molecule is CCc1c(C(=O)NCc2ccc(N(C)C)cc2)cnn1-c1cccc(Cl)c1. The van der Waals surface area contributed by atoms with Crippen LogP contribution in [0.5, 0.6) is 0 Å². The van der Waals surface area contributed by atoms with E-state index < -0.39 is 0 Å². The number of rotatable bonds is 6. The van der Waals surface area contributed by atoms with Crippen LogP contribution in [0, 0.1) is 0 Å². The molecule has 27 heavy (non-hydrogen) atoms. The summed E-state index contributed by atoms with van der Waals surface area (Å²) in [7, 11) is 4.00. The lowest BCUT2D eigenvalue weighted by Crippen LogP contribution is -2.23. The largest absolute Gasteiger partial charge is 0.378 e. The van der Waals surface area contributed by atoms with Crippen LogP contribution in [0.2, 0.25) is 5.02 Å². The Labute approximate surface area is 164 Å². The first-order valence-corrected chi connectivity index (χ1v) is 9.24. The number of hydrogen-bond donors (Lipinski definition) is 1. The fraction of sp³-hybridized carbons (Fsp3) is 0.238. The van der Waals surface area contributed by atoms with Gasteiger partial charge in [-0.05, 0) is 42.3 Å². The fourth-order valence-corrected chi connectivity index (χ4v) is 3.11. The zero-order valence-corrected chi connectivity index (χ0v) is 16.5. The number of anilines is 1. The van der Waals surface area contributed by atoms with Crippen molar-refractivity contribution in [2.75, 3.05) is 19.0 Å². The van der Waals surface area contributed by atoms with Crippen LogP contribution >= 0.6 is 11.6 Å². The number of nitrogens with one attached hydrogen (secondary N) is 1. The van der Waals surface area contributed by atoms with Crippen LogP contribution in [0.3, 0.4) is 0 Å². The third-order valence-electron chi connectivity index (χ3n) is 4.41. The standard InChI is InChI=1S/C21H23ClN4O/c1-4-20-19(14-24-26(20)18-7-5-6-16(22)12-18)21(27)23-13-15-8-10-17(11-9-15)25(2)3/h5-12,14H,4,13H2,1-3H3,(H,23,27). The average Bonchev–Trinajstić information content (AvgIpc) is 3.10. The van der Waals surface area contributed by atoms with Crippen LogP contribution in [-0.4, -0.2) is 29.8 Å². The number of benzene rings is 2. The van der Waals surface area contributed by atoms with Crippen molar-refractivity contribution in [3.8, 4) is 5.69 Å². The molecule has 1 amide bonds. The molecule has 1 heterocycles. The van der Waals surface area contributed by atoms with Gasteiger partial charge in [-0.1, -0.05) is 36.7 Å². The van der Waals surface area contributed by atoms with Crippen molar-refractivity contribution in [2.24, 2.45) is 0 Å². The zero-order chi connectivity index (χ0) is 19.4. The predicted molar refractivity (Wildman–Crippen MR) is 110 cm³/mol. The summed E-state index contributed by atoms with van der Waals surface area (Å²) in [5, 5.41) is 8.02. The van der Waals surface area contributed by atoms with E-state index >= 15 is 0 Å². The van der Waals surface area contributed by atoms with E-state index in [1.165, 1.54) is 0 Å². The molecule has 0 bridgehead atoms. The lowest BCUT2D eigenvalue weighted by Gasteiger charge is -2.13. The highest BCUT2D eigenvalue weighted by atomic mass is 35.5. The smallest absolute Gasteiger partial charge is 0.255 e. The van der Waals surface area contributed by atoms with E-state index in [-0.39, 0.29) is 5.91 Å². The van der Waals surface area contributed by atoms with Crippen molar-refractivity contribution >= 4 is 23.2 Å². The summed E-state index contributed by atoms with van der Waals surface area (Å²) < 4.78 is 1.77. The number of amides is 1. The summed E-state index contributed by atoms with van der Waals surface area (Å²) in [6.07, 6.45) is 2.30. The second-order valence-electron chi connectivity index (χ2n) is 6.49. The Kier molecular flexibility index (Phi) is 5.81. The zero-order valence-electron chi connectivity index (χ0n) is 15.7. The van der Waals surface area contributed by atoms with Gasteiger partial charge in [0.1, 0.15) is 0 Å². The number of hydrogen-bond acceptors (Lipinski definition) is 3. The molecule has 2 aromatic carbocycles. The number of nitrogens with zero attached hydrogens (tertiary/aromatic N) is 3. The first-order chi connectivity index (χ1) is 13.0. The molecule has 1 aromatic heterocycles. The minimum atomic E-state index is -0.128. The van der Waals surface area contributed by atoms with E-state index in [0.29, 0.717) is 23.6 Å². The van der Waals surface area contributed by atoms with Crippen LogP contribution in [0.4, 0.5) is 5.69 Å². The normalized spacial score (nSPS) is 10.7. The second kappa shape index (κ2) is 8.27. The molecule has 0 saturated carbocycles. The molecule has 0 atom stereocenters. The maximum atomic E-state index is 12.7. The Morgan fingerprint density at radius 1 is 1.19 bits per heavy atom. The van der Waals surface area contributed by atoms with Gasteiger partial charge in [-0.2, -0.15) is 5.10 Å². The molecule has 140 valence electrons. The highest BCUT2D eigenvalue weighted by Gasteiger charge is 2.17. The maximum absolute atomic E-state index is 12.7. The van der Waals surface area contributed by atoms with Gasteiger partial charge in [-0.25, -0.2) is 4.68 Å². The highest BCUT2D eigenvalue weighted by molar-refractivity contribution is 6.30. The molecule has 0 aliphatic rings. The second-order valence-corrected chi connectivity index (χ2v) is 6.93. The van der Waals surface area contributed by atoms with E-state index in [2.05, 4.69) is 10.4 Å². The van der Waals surface area contributed by atoms with Crippen LogP contribution in [0.25, 0.3) is 5.69 Å². The van der Waals surface area contributed by atoms with Gasteiger partial charge in [0.25, 0.3) is 5.91 Å². The van der Waals surface area contributed by atoms with Crippen molar-refractivity contribution in [3.63, 3.8) is 0 Å². The van der Waals surface area contributed by atoms with Crippen LogP contribution in [0.15, 0.2) is 54.7 Å². The fourth-order valence-electron chi connectivity index (χ4n) is 2.92. The lowest BCUT2D eigenvalue weighted by atomic mass is 10.1. The Morgan fingerprint density at radius 2 is 1.93 bits per heavy atom. The van der Waals surface area contributed by atoms with E-state index in [1.807, 2.05) is 74.4 Å². The first kappa shape index (κ1) is 19.0. The summed E-state index contributed by atoms with van der Waals surface area (Å²) in [6, 6.07) is 15.6. The monoisotopic (exact) mass is 382 g/mol. The van der Waals surface area contributed by atoms with E-state index in [0.717, 1.165) is 22.6 Å². The molecule has 0 saturated heterocycles. The number of carbonyl (C=O) groups is 1. The van der Waals surface area contributed by atoms with Crippen molar-refractivity contribution in [1.29, 1.82) is 0 Å². The molecular weight excluding hydrogens is 360 g/mol. The van der Waals surface area contributed by atoms with Crippen LogP contribution < -0.4 is 10.2 Å². The number of carbonyl (C=O) groups excluding carboxylic acids is 1. The van der Waals surface area contributed by atoms with Gasteiger partial charge in [0, 0.05) is 31.4 Å². The highest BCUT2D eigenvalue weighted by Crippen LogP contribution is 2.19. The van der Waals surface area contributed by atoms with Crippen molar-refractivity contribution in [2.45, 2.75) is 19.9 Å². The molecule has 0 radical (unpaired) electrons. The van der Waals surface area contributed by atoms with Crippen LogP contribution in [-0.2, 0) is 13.0 Å². The van der Waals surface area contributed by atoms with Gasteiger partial charge in [-0.15, -0.1) is 0 Å². The summed E-state index contributed by atoms with van der Waals surface area (Å²) in [6.45, 7) is 2.48. The molecule has 1 N–H and O–H groups in total. The van der Waals surface area contributed by atoms with Gasteiger partial charge < -0.3 is 10.2 Å². The first-order valence-electron chi connectivity index (χ1n) is 8.87. The third kappa shape index (κ3) is 4.31.